The van der Waals surface area contributed by atoms with Gasteiger partial charge in [0, 0.05) is 11.1 Å². The van der Waals surface area contributed by atoms with Crippen molar-refractivity contribution < 1.29 is 14.7 Å². The second kappa shape index (κ2) is 4.14. The molecule has 0 spiro atoms. The fourth-order valence-corrected chi connectivity index (χ4v) is 1.67. The van der Waals surface area contributed by atoms with E-state index in [0.29, 0.717) is 11.1 Å². The molecule has 1 atom stereocenters. The Kier molecular flexibility index (Phi) is 3.29. The Morgan fingerprint density at radius 3 is 1.80 bits per heavy atom. The average molecular weight is 211 g/mol. The molecule has 2 amide bonds. The minimum Gasteiger partial charge on any atom is -0.394 e. The zero-order chi connectivity index (χ0) is 11.7. The van der Waals surface area contributed by atoms with Crippen LogP contribution in [0.3, 0.4) is 0 Å². The van der Waals surface area contributed by atoms with Gasteiger partial charge < -0.3 is 5.11 Å². The van der Waals surface area contributed by atoms with Gasteiger partial charge in [0.2, 0.25) is 0 Å². The number of rotatable bonds is 3. The summed E-state index contributed by atoms with van der Waals surface area (Å²) in [6, 6.07) is -0.419. The van der Waals surface area contributed by atoms with Gasteiger partial charge in [0.1, 0.15) is 0 Å². The number of aliphatic hydroxyl groups is 1. The quantitative estimate of drug-likeness (QED) is 0.699. The van der Waals surface area contributed by atoms with E-state index in [1.54, 1.807) is 13.8 Å². The summed E-state index contributed by atoms with van der Waals surface area (Å²) in [5, 5.41) is 9.20. The molecular formula is C11H17NO3. The number of carbonyl (C=O) groups excluding carboxylic acids is 2. The highest BCUT2D eigenvalue weighted by atomic mass is 16.3. The fraction of sp³-hybridized carbons (Fsp3) is 0.636. The summed E-state index contributed by atoms with van der Waals surface area (Å²) in [5.74, 6) is -0.489. The van der Waals surface area contributed by atoms with E-state index in [1.165, 1.54) is 4.90 Å². The molecule has 15 heavy (non-hydrogen) atoms. The number of nitrogens with zero attached hydrogens (tertiary/aromatic N) is 1. The summed E-state index contributed by atoms with van der Waals surface area (Å²) in [4.78, 5) is 24.7. The molecule has 1 rings (SSSR count). The highest BCUT2D eigenvalue weighted by Gasteiger charge is 2.38. The predicted octanol–water partition coefficient (Wildman–Crippen LogP) is 0.708. The van der Waals surface area contributed by atoms with E-state index in [4.69, 9.17) is 0 Å². The Morgan fingerprint density at radius 2 is 1.53 bits per heavy atom. The Morgan fingerprint density at radius 1 is 1.13 bits per heavy atom. The topological polar surface area (TPSA) is 57.6 Å². The Hall–Kier alpha value is -1.16. The van der Waals surface area contributed by atoms with E-state index in [9.17, 15) is 14.7 Å². The van der Waals surface area contributed by atoms with Gasteiger partial charge in [0.25, 0.3) is 11.8 Å². The third kappa shape index (κ3) is 1.81. The summed E-state index contributed by atoms with van der Waals surface area (Å²) in [6.07, 6.45) is 0. The maximum Gasteiger partial charge on any atom is 0.257 e. The van der Waals surface area contributed by atoms with Crippen LogP contribution in [-0.4, -0.2) is 34.5 Å². The van der Waals surface area contributed by atoms with Crippen molar-refractivity contribution >= 4 is 11.8 Å². The molecule has 0 aliphatic carbocycles. The van der Waals surface area contributed by atoms with Gasteiger partial charge in [0.15, 0.2) is 0 Å². The summed E-state index contributed by atoms with van der Waals surface area (Å²) in [7, 11) is 0. The number of hydrogen-bond donors (Lipinski definition) is 1. The Bertz CT molecular complexity index is 307. The molecule has 1 N–H and O–H groups in total. The molecular weight excluding hydrogens is 194 g/mol. The van der Waals surface area contributed by atoms with Crippen molar-refractivity contribution in [2.45, 2.75) is 33.7 Å². The number of hydrogen-bond acceptors (Lipinski definition) is 3. The molecule has 0 saturated heterocycles. The lowest BCUT2D eigenvalue weighted by Crippen LogP contribution is -2.46. The minimum absolute atomic E-state index is 0.0570. The molecule has 0 saturated carbocycles. The maximum atomic E-state index is 11.8. The summed E-state index contributed by atoms with van der Waals surface area (Å²) in [5.41, 5.74) is 0.971. The SMILES string of the molecule is CC1=C(C)C(=O)N(C(CO)C(C)C)C1=O. The molecule has 1 unspecified atom stereocenters. The van der Waals surface area contributed by atoms with Crippen molar-refractivity contribution in [3.8, 4) is 0 Å². The molecule has 84 valence electrons. The summed E-state index contributed by atoms with van der Waals surface area (Å²) < 4.78 is 0. The molecule has 0 radical (unpaired) electrons. The first-order valence-electron chi connectivity index (χ1n) is 5.08. The molecule has 4 heteroatoms. The van der Waals surface area contributed by atoms with Gasteiger partial charge >= 0.3 is 0 Å². The number of amides is 2. The molecule has 1 heterocycles. The Labute approximate surface area is 89.6 Å². The van der Waals surface area contributed by atoms with Gasteiger partial charge in [-0.3, -0.25) is 14.5 Å². The molecule has 0 fully saturated rings. The lowest BCUT2D eigenvalue weighted by atomic mass is 10.0. The van der Waals surface area contributed by atoms with Crippen LogP contribution in [-0.2, 0) is 9.59 Å². The third-order valence-electron chi connectivity index (χ3n) is 2.93. The number of imide groups is 1. The van der Waals surface area contributed by atoms with Gasteiger partial charge in [-0.05, 0) is 19.8 Å². The summed E-state index contributed by atoms with van der Waals surface area (Å²) >= 11 is 0. The smallest absolute Gasteiger partial charge is 0.257 e. The van der Waals surface area contributed by atoms with Crippen LogP contribution in [0.15, 0.2) is 11.1 Å². The molecule has 1 aliphatic heterocycles. The van der Waals surface area contributed by atoms with E-state index in [0.717, 1.165) is 0 Å². The first-order valence-corrected chi connectivity index (χ1v) is 5.08. The van der Waals surface area contributed by atoms with Crippen LogP contribution < -0.4 is 0 Å². The third-order valence-corrected chi connectivity index (χ3v) is 2.93. The monoisotopic (exact) mass is 211 g/mol. The van der Waals surface area contributed by atoms with Crippen LogP contribution >= 0.6 is 0 Å². The predicted molar refractivity (Wildman–Crippen MR) is 55.9 cm³/mol. The highest BCUT2D eigenvalue weighted by molar-refractivity contribution is 6.19. The molecule has 1 aliphatic rings. The van der Waals surface area contributed by atoms with Crippen molar-refractivity contribution in [1.29, 1.82) is 0 Å². The van der Waals surface area contributed by atoms with Gasteiger partial charge in [-0.25, -0.2) is 0 Å². The summed E-state index contributed by atoms with van der Waals surface area (Å²) in [6.45, 7) is 6.86. The van der Waals surface area contributed by atoms with Crippen molar-refractivity contribution in [1.82, 2.24) is 4.90 Å². The fourth-order valence-electron chi connectivity index (χ4n) is 1.67. The van der Waals surface area contributed by atoms with Crippen LogP contribution in [0.5, 0.6) is 0 Å². The molecule has 0 aromatic rings. The van der Waals surface area contributed by atoms with Crippen molar-refractivity contribution in [2.24, 2.45) is 5.92 Å². The number of aliphatic hydroxyl groups excluding tert-OH is 1. The van der Waals surface area contributed by atoms with Gasteiger partial charge in [0.05, 0.1) is 12.6 Å². The number of carbonyl (C=O) groups is 2. The van der Waals surface area contributed by atoms with E-state index in [2.05, 4.69) is 0 Å². The minimum atomic E-state index is -0.419. The van der Waals surface area contributed by atoms with Crippen LogP contribution in [0.4, 0.5) is 0 Å². The van der Waals surface area contributed by atoms with Crippen molar-refractivity contribution in [2.75, 3.05) is 6.61 Å². The first-order chi connectivity index (χ1) is 6.91. The molecule has 4 nitrogen and oxygen atoms in total. The van der Waals surface area contributed by atoms with E-state index < -0.39 is 6.04 Å². The van der Waals surface area contributed by atoms with E-state index >= 15 is 0 Å². The zero-order valence-electron chi connectivity index (χ0n) is 9.57. The molecule has 0 bridgehead atoms. The maximum absolute atomic E-state index is 11.8. The van der Waals surface area contributed by atoms with Crippen molar-refractivity contribution in [3.05, 3.63) is 11.1 Å². The van der Waals surface area contributed by atoms with Crippen LogP contribution in [0.2, 0.25) is 0 Å². The normalized spacial score (nSPS) is 19.5. The second-order valence-electron chi connectivity index (χ2n) is 4.22. The van der Waals surface area contributed by atoms with E-state index in [1.807, 2.05) is 13.8 Å². The van der Waals surface area contributed by atoms with Crippen LogP contribution in [0, 0.1) is 5.92 Å². The first kappa shape index (κ1) is 11.9. The second-order valence-corrected chi connectivity index (χ2v) is 4.22. The lowest BCUT2D eigenvalue weighted by molar-refractivity contribution is -0.142. The van der Waals surface area contributed by atoms with Gasteiger partial charge in [-0.2, -0.15) is 0 Å². The van der Waals surface area contributed by atoms with Crippen LogP contribution in [0.25, 0.3) is 0 Å². The van der Waals surface area contributed by atoms with Crippen LogP contribution in [0.1, 0.15) is 27.7 Å². The lowest BCUT2D eigenvalue weighted by Gasteiger charge is -2.28. The van der Waals surface area contributed by atoms with Crippen molar-refractivity contribution in [3.63, 3.8) is 0 Å². The molecule has 0 aromatic heterocycles. The largest absolute Gasteiger partial charge is 0.394 e. The van der Waals surface area contributed by atoms with Gasteiger partial charge in [-0.1, -0.05) is 13.8 Å². The standard InChI is InChI=1S/C11H17NO3/c1-6(2)9(5-13)12-10(14)7(3)8(4)11(12)15/h6,9,13H,5H2,1-4H3. The Balaban J connectivity index is 3.01. The van der Waals surface area contributed by atoms with E-state index in [-0.39, 0.29) is 24.3 Å². The zero-order valence-corrected chi connectivity index (χ0v) is 9.57. The highest BCUT2D eigenvalue weighted by Crippen LogP contribution is 2.24. The molecule has 0 aromatic carbocycles. The average Bonchev–Trinajstić information content (AvgIpc) is 2.36. The van der Waals surface area contributed by atoms with Gasteiger partial charge in [-0.15, -0.1) is 0 Å².